The van der Waals surface area contributed by atoms with Gasteiger partial charge in [-0.15, -0.1) is 0 Å². The number of carbonyl (C=O) groups is 1. The van der Waals surface area contributed by atoms with Crippen molar-refractivity contribution in [2.75, 3.05) is 0 Å². The highest BCUT2D eigenvalue weighted by Gasteiger charge is 2.37. The Morgan fingerprint density at radius 3 is 2.42 bits per heavy atom. The molecule has 1 amide bonds. The topological polar surface area (TPSA) is 72.7 Å². The molecule has 2 aromatic rings. The number of hydrogen-bond donors (Lipinski definition) is 0. The molecule has 0 radical (unpaired) electrons. The number of nitro benzene ring substituents is 1. The predicted molar refractivity (Wildman–Crippen MR) is 126 cm³/mol. The molecule has 0 N–H and O–H groups in total. The zero-order valence-corrected chi connectivity index (χ0v) is 18.5. The summed E-state index contributed by atoms with van der Waals surface area (Å²) >= 11 is 6.86. The minimum absolute atomic E-state index is 0.0143. The Kier molecular flexibility index (Phi) is 6.67. The molecule has 31 heavy (non-hydrogen) atoms. The Morgan fingerprint density at radius 2 is 1.77 bits per heavy atom. The third-order valence-corrected chi connectivity index (χ3v) is 6.82. The van der Waals surface area contributed by atoms with Gasteiger partial charge in [0.15, 0.2) is 0 Å². The number of nitro groups is 1. The summed E-state index contributed by atoms with van der Waals surface area (Å²) < 4.78 is 6.42. The quantitative estimate of drug-likeness (QED) is 0.241. The molecule has 1 saturated carbocycles. The number of rotatable bonds is 6. The van der Waals surface area contributed by atoms with Gasteiger partial charge in [-0.25, -0.2) is 0 Å². The van der Waals surface area contributed by atoms with Crippen molar-refractivity contribution >= 4 is 46.0 Å². The van der Waals surface area contributed by atoms with Crippen LogP contribution in [-0.2, 0) is 11.4 Å². The number of carbonyl (C=O) groups excluding carboxylic acids is 1. The number of benzene rings is 2. The first-order valence-corrected chi connectivity index (χ1v) is 11.5. The summed E-state index contributed by atoms with van der Waals surface area (Å²) in [5.41, 5.74) is 1.81. The zero-order chi connectivity index (χ0) is 21.8. The van der Waals surface area contributed by atoms with Crippen LogP contribution in [0.25, 0.3) is 6.08 Å². The van der Waals surface area contributed by atoms with Crippen LogP contribution >= 0.6 is 24.0 Å². The average Bonchev–Trinajstić information content (AvgIpc) is 3.07. The molecule has 1 aliphatic heterocycles. The van der Waals surface area contributed by atoms with Crippen molar-refractivity contribution < 1.29 is 14.5 Å². The fourth-order valence-corrected chi connectivity index (χ4v) is 5.23. The molecule has 1 aliphatic carbocycles. The van der Waals surface area contributed by atoms with Gasteiger partial charge in [0.25, 0.3) is 11.6 Å². The van der Waals surface area contributed by atoms with E-state index in [0.717, 1.165) is 36.8 Å². The lowest BCUT2D eigenvalue weighted by atomic mass is 9.94. The number of hydrogen-bond acceptors (Lipinski definition) is 6. The lowest BCUT2D eigenvalue weighted by Gasteiger charge is -2.29. The Labute approximate surface area is 190 Å². The van der Waals surface area contributed by atoms with Crippen LogP contribution in [0.1, 0.15) is 43.2 Å². The van der Waals surface area contributed by atoms with Crippen molar-refractivity contribution in [3.05, 3.63) is 74.7 Å². The monoisotopic (exact) mass is 454 g/mol. The van der Waals surface area contributed by atoms with E-state index in [0.29, 0.717) is 21.6 Å². The van der Waals surface area contributed by atoms with Crippen molar-refractivity contribution in [1.29, 1.82) is 0 Å². The minimum Gasteiger partial charge on any atom is -0.489 e. The van der Waals surface area contributed by atoms with Gasteiger partial charge in [-0.2, -0.15) is 0 Å². The van der Waals surface area contributed by atoms with Gasteiger partial charge in [-0.3, -0.25) is 19.8 Å². The third kappa shape index (κ3) is 5.14. The Hall–Kier alpha value is -2.71. The molecule has 0 bridgehead atoms. The van der Waals surface area contributed by atoms with E-state index in [1.807, 2.05) is 35.2 Å². The van der Waals surface area contributed by atoms with Crippen LogP contribution in [0.15, 0.2) is 53.4 Å². The van der Waals surface area contributed by atoms with Crippen molar-refractivity contribution in [1.82, 2.24) is 4.90 Å². The fraction of sp³-hybridized carbons (Fsp3) is 0.304. The maximum atomic E-state index is 12.9. The molecule has 2 aliphatic rings. The number of nitrogens with zero attached hydrogens (tertiary/aromatic N) is 2. The first kappa shape index (κ1) is 21.5. The van der Waals surface area contributed by atoms with Gasteiger partial charge in [0, 0.05) is 18.2 Å². The van der Waals surface area contributed by atoms with Crippen molar-refractivity contribution in [2.45, 2.75) is 44.8 Å². The van der Waals surface area contributed by atoms with Crippen molar-refractivity contribution in [3.8, 4) is 5.75 Å². The first-order valence-electron chi connectivity index (χ1n) is 10.2. The van der Waals surface area contributed by atoms with Gasteiger partial charge < -0.3 is 4.74 Å². The van der Waals surface area contributed by atoms with Crippen LogP contribution in [0.3, 0.4) is 0 Å². The first-order chi connectivity index (χ1) is 15.0. The third-order valence-electron chi connectivity index (χ3n) is 5.49. The van der Waals surface area contributed by atoms with Crippen molar-refractivity contribution in [3.63, 3.8) is 0 Å². The van der Waals surface area contributed by atoms with Gasteiger partial charge in [0.2, 0.25) is 0 Å². The predicted octanol–water partition coefficient (Wildman–Crippen LogP) is 5.71. The lowest BCUT2D eigenvalue weighted by molar-refractivity contribution is -0.384. The second-order valence-corrected chi connectivity index (χ2v) is 9.30. The van der Waals surface area contributed by atoms with Gasteiger partial charge in [0.05, 0.1) is 9.83 Å². The summed E-state index contributed by atoms with van der Waals surface area (Å²) in [7, 11) is 0. The summed E-state index contributed by atoms with van der Waals surface area (Å²) in [6, 6.07) is 14.0. The largest absolute Gasteiger partial charge is 0.489 e. The molecule has 2 fully saturated rings. The molecule has 0 atom stereocenters. The number of thioether (sulfide) groups is 1. The van der Waals surface area contributed by atoms with E-state index < -0.39 is 4.92 Å². The Balaban J connectivity index is 1.37. The smallest absolute Gasteiger partial charge is 0.269 e. The van der Waals surface area contributed by atoms with E-state index in [1.54, 1.807) is 12.1 Å². The normalized spacial score (nSPS) is 18.6. The molecule has 4 rings (SSSR count). The van der Waals surface area contributed by atoms with E-state index in [1.165, 1.54) is 30.3 Å². The zero-order valence-electron chi connectivity index (χ0n) is 16.9. The van der Waals surface area contributed by atoms with E-state index in [9.17, 15) is 14.9 Å². The summed E-state index contributed by atoms with van der Waals surface area (Å²) in [4.78, 5) is 25.7. The van der Waals surface area contributed by atoms with E-state index in [4.69, 9.17) is 17.0 Å². The van der Waals surface area contributed by atoms with Crippen LogP contribution < -0.4 is 4.74 Å². The van der Waals surface area contributed by atoms with Crippen LogP contribution in [-0.4, -0.2) is 26.1 Å². The van der Waals surface area contributed by atoms with Gasteiger partial charge in [0.1, 0.15) is 16.7 Å². The van der Waals surface area contributed by atoms with Gasteiger partial charge in [-0.1, -0.05) is 55.4 Å². The van der Waals surface area contributed by atoms with Crippen molar-refractivity contribution in [2.24, 2.45) is 0 Å². The standard InChI is InChI=1S/C23H22N2O4S2/c26-22-21(31-23(30)24(22)18-4-2-1-3-5-18)14-16-8-12-20(13-9-16)29-15-17-6-10-19(11-7-17)25(27)28/h6-14,18H,1-5,15H2/b21-14-. The Bertz CT molecular complexity index is 1010. The average molecular weight is 455 g/mol. The number of amides is 1. The van der Waals surface area contributed by atoms with E-state index in [-0.39, 0.29) is 17.6 Å². The lowest BCUT2D eigenvalue weighted by Crippen LogP contribution is -2.39. The van der Waals surface area contributed by atoms with E-state index in [2.05, 4.69) is 0 Å². The highest BCUT2D eigenvalue weighted by atomic mass is 32.2. The van der Waals surface area contributed by atoms with Crippen LogP contribution in [0.4, 0.5) is 5.69 Å². The number of non-ortho nitro benzene ring substituents is 1. The van der Waals surface area contributed by atoms with Gasteiger partial charge >= 0.3 is 0 Å². The minimum atomic E-state index is -0.424. The maximum absolute atomic E-state index is 12.9. The molecule has 1 saturated heterocycles. The summed E-state index contributed by atoms with van der Waals surface area (Å²) in [5.74, 6) is 0.700. The van der Waals surface area contributed by atoms with E-state index >= 15 is 0 Å². The van der Waals surface area contributed by atoms with Crippen LogP contribution in [0.2, 0.25) is 0 Å². The summed E-state index contributed by atoms with van der Waals surface area (Å²) in [6.07, 6.45) is 7.48. The second-order valence-electron chi connectivity index (χ2n) is 7.62. The molecular formula is C23H22N2O4S2. The number of thiocarbonyl (C=S) groups is 1. The van der Waals surface area contributed by atoms with Crippen LogP contribution in [0.5, 0.6) is 5.75 Å². The summed E-state index contributed by atoms with van der Waals surface area (Å²) in [5, 5.41) is 10.7. The molecule has 8 heteroatoms. The SMILES string of the molecule is O=C1/C(=C/c2ccc(OCc3ccc([N+](=O)[O-])cc3)cc2)SC(=S)N1C1CCCCC1. The summed E-state index contributed by atoms with van der Waals surface area (Å²) in [6.45, 7) is 0.317. The molecule has 160 valence electrons. The van der Waals surface area contributed by atoms with Crippen LogP contribution in [0, 0.1) is 10.1 Å². The molecule has 1 heterocycles. The molecule has 0 spiro atoms. The Morgan fingerprint density at radius 1 is 1.10 bits per heavy atom. The highest BCUT2D eigenvalue weighted by Crippen LogP contribution is 2.37. The molecule has 0 unspecified atom stereocenters. The molecule has 2 aromatic carbocycles. The molecular weight excluding hydrogens is 432 g/mol. The second kappa shape index (κ2) is 9.62. The highest BCUT2D eigenvalue weighted by molar-refractivity contribution is 8.26. The van der Waals surface area contributed by atoms with Gasteiger partial charge in [-0.05, 0) is 54.3 Å². The fourth-order valence-electron chi connectivity index (χ4n) is 3.83. The number of ether oxygens (including phenoxy) is 1. The maximum Gasteiger partial charge on any atom is 0.269 e. The molecule has 0 aromatic heterocycles. The molecule has 6 nitrogen and oxygen atoms in total.